The molecule has 0 saturated carbocycles. The van der Waals surface area contributed by atoms with Crippen molar-refractivity contribution in [1.29, 1.82) is 0 Å². The smallest absolute Gasteiger partial charge is 0.178 e. The van der Waals surface area contributed by atoms with E-state index in [1.807, 2.05) is 0 Å². The minimum absolute atomic E-state index is 0.509. The topological polar surface area (TPSA) is 24.0 Å². The highest BCUT2D eigenvalue weighted by Gasteiger charge is 2.22. The summed E-state index contributed by atoms with van der Waals surface area (Å²) in [5, 5.41) is 0. The van der Waals surface area contributed by atoms with Crippen LogP contribution in [0.5, 0.6) is 0 Å². The molecule has 2 heterocycles. The fourth-order valence-corrected chi connectivity index (χ4v) is 3.84. The van der Waals surface area contributed by atoms with Crippen LogP contribution in [0.25, 0.3) is 11.0 Å². The molecule has 0 amide bonds. The lowest BCUT2D eigenvalue weighted by Gasteiger charge is -2.32. The number of hydrogen-bond acceptors (Lipinski definition) is 2. The van der Waals surface area contributed by atoms with Gasteiger partial charge >= 0.3 is 0 Å². The van der Waals surface area contributed by atoms with Crippen molar-refractivity contribution in [3.05, 3.63) is 26.5 Å². The van der Waals surface area contributed by atoms with E-state index in [0.717, 1.165) is 23.4 Å². The van der Waals surface area contributed by atoms with Crippen molar-refractivity contribution >= 4 is 45.8 Å². The van der Waals surface area contributed by atoms with Crippen molar-refractivity contribution in [2.75, 3.05) is 19.6 Å². The number of likely N-dealkylation sites (tertiary alicyclic amines) is 1. The molecule has 1 N–H and O–H groups in total. The third kappa shape index (κ3) is 2.60. The van der Waals surface area contributed by atoms with Gasteiger partial charge in [-0.15, -0.1) is 0 Å². The maximum absolute atomic E-state index is 5.54. The SMILES string of the molecule is CCN1CCCC(n2c(=S)[nH]c3cc(I)ccc32)C1. The summed E-state index contributed by atoms with van der Waals surface area (Å²) in [4.78, 5) is 5.87. The van der Waals surface area contributed by atoms with E-state index in [1.165, 1.54) is 28.5 Å². The molecule has 1 aliphatic rings. The van der Waals surface area contributed by atoms with Crippen LogP contribution in [0.3, 0.4) is 0 Å². The van der Waals surface area contributed by atoms with Gasteiger partial charge in [-0.05, 0) is 78.9 Å². The molecular weight excluding hydrogens is 369 g/mol. The second kappa shape index (κ2) is 5.54. The Morgan fingerprint density at radius 1 is 1.47 bits per heavy atom. The van der Waals surface area contributed by atoms with Gasteiger partial charge in [-0.25, -0.2) is 0 Å². The van der Waals surface area contributed by atoms with Crippen LogP contribution >= 0.6 is 34.8 Å². The van der Waals surface area contributed by atoms with E-state index in [9.17, 15) is 0 Å². The van der Waals surface area contributed by atoms with E-state index in [2.05, 4.69) is 62.2 Å². The Hall–Kier alpha value is -0.400. The first-order chi connectivity index (χ1) is 9.19. The minimum atomic E-state index is 0.509. The van der Waals surface area contributed by atoms with E-state index in [0.29, 0.717) is 6.04 Å². The second-order valence-corrected chi connectivity index (χ2v) is 6.78. The zero-order chi connectivity index (χ0) is 13.4. The number of hydrogen-bond donors (Lipinski definition) is 1. The molecule has 0 bridgehead atoms. The fraction of sp³-hybridized carbons (Fsp3) is 0.500. The maximum atomic E-state index is 5.54. The van der Waals surface area contributed by atoms with E-state index >= 15 is 0 Å². The standard InChI is InChI=1S/C14H18IN3S/c1-2-17-7-3-4-11(9-17)18-13-6-5-10(15)8-12(13)16-14(18)19/h5-6,8,11H,2-4,7,9H2,1H3,(H,16,19). The molecule has 1 atom stereocenters. The lowest BCUT2D eigenvalue weighted by atomic mass is 10.1. The lowest BCUT2D eigenvalue weighted by molar-refractivity contribution is 0.187. The van der Waals surface area contributed by atoms with Crippen LogP contribution in [0.1, 0.15) is 25.8 Å². The Kier molecular flexibility index (Phi) is 3.96. The number of benzene rings is 1. The number of likely N-dealkylation sites (N-methyl/N-ethyl adjacent to an activating group) is 1. The van der Waals surface area contributed by atoms with Gasteiger partial charge < -0.3 is 14.5 Å². The number of halogens is 1. The average Bonchev–Trinajstić information content (AvgIpc) is 2.73. The molecule has 2 aromatic rings. The summed E-state index contributed by atoms with van der Waals surface area (Å²) in [7, 11) is 0. The molecule has 3 rings (SSSR count). The van der Waals surface area contributed by atoms with Gasteiger partial charge in [-0.1, -0.05) is 6.92 Å². The highest BCUT2D eigenvalue weighted by Crippen LogP contribution is 2.27. The van der Waals surface area contributed by atoms with Gasteiger partial charge in [0.25, 0.3) is 0 Å². The molecule has 0 aliphatic carbocycles. The molecule has 1 saturated heterocycles. The summed E-state index contributed by atoms with van der Waals surface area (Å²) in [5.74, 6) is 0. The third-order valence-electron chi connectivity index (χ3n) is 3.97. The number of piperidine rings is 1. The number of nitrogens with zero attached hydrogens (tertiary/aromatic N) is 2. The van der Waals surface area contributed by atoms with E-state index in [4.69, 9.17) is 12.2 Å². The number of nitrogens with one attached hydrogen (secondary N) is 1. The summed E-state index contributed by atoms with van der Waals surface area (Å²) < 4.78 is 4.43. The second-order valence-electron chi connectivity index (χ2n) is 5.15. The largest absolute Gasteiger partial charge is 0.331 e. The molecule has 3 nitrogen and oxygen atoms in total. The first kappa shape index (κ1) is 13.6. The summed E-state index contributed by atoms with van der Waals surface area (Å²) in [5.41, 5.74) is 2.40. The van der Waals surface area contributed by atoms with Gasteiger partial charge in [0, 0.05) is 16.2 Å². The van der Waals surface area contributed by atoms with Gasteiger partial charge in [0.1, 0.15) is 0 Å². The zero-order valence-electron chi connectivity index (χ0n) is 11.0. The van der Waals surface area contributed by atoms with Crippen LogP contribution in [0, 0.1) is 8.34 Å². The maximum Gasteiger partial charge on any atom is 0.178 e. The molecular formula is C14H18IN3S. The quantitative estimate of drug-likeness (QED) is 0.623. The summed E-state index contributed by atoms with van der Waals surface area (Å²) in [6.07, 6.45) is 2.49. The summed E-state index contributed by atoms with van der Waals surface area (Å²) in [6.45, 7) is 5.70. The lowest BCUT2D eigenvalue weighted by Crippen LogP contribution is -2.36. The number of fused-ring (bicyclic) bond motifs is 1. The van der Waals surface area contributed by atoms with Gasteiger partial charge in [0.05, 0.1) is 11.0 Å². The predicted molar refractivity (Wildman–Crippen MR) is 90.2 cm³/mol. The van der Waals surface area contributed by atoms with Crippen molar-refractivity contribution in [3.8, 4) is 0 Å². The number of aromatic nitrogens is 2. The Balaban J connectivity index is 2.04. The highest BCUT2D eigenvalue weighted by atomic mass is 127. The Labute approximate surface area is 132 Å². The van der Waals surface area contributed by atoms with Crippen LogP contribution in [-0.2, 0) is 0 Å². The van der Waals surface area contributed by atoms with Crippen molar-refractivity contribution in [1.82, 2.24) is 14.5 Å². The van der Waals surface area contributed by atoms with Crippen LogP contribution in [0.2, 0.25) is 0 Å². The molecule has 1 aromatic heterocycles. The molecule has 1 fully saturated rings. The summed E-state index contributed by atoms with van der Waals surface area (Å²) >= 11 is 7.88. The molecule has 0 spiro atoms. The van der Waals surface area contributed by atoms with Gasteiger partial charge in [-0.2, -0.15) is 0 Å². The van der Waals surface area contributed by atoms with Gasteiger partial charge in [0.2, 0.25) is 0 Å². The molecule has 19 heavy (non-hydrogen) atoms. The average molecular weight is 387 g/mol. The fourth-order valence-electron chi connectivity index (χ4n) is 2.99. The van der Waals surface area contributed by atoms with E-state index in [-0.39, 0.29) is 0 Å². The Morgan fingerprint density at radius 2 is 2.32 bits per heavy atom. The van der Waals surface area contributed by atoms with Crippen molar-refractivity contribution in [2.45, 2.75) is 25.8 Å². The Morgan fingerprint density at radius 3 is 3.11 bits per heavy atom. The van der Waals surface area contributed by atoms with E-state index < -0.39 is 0 Å². The number of aromatic amines is 1. The van der Waals surface area contributed by atoms with Crippen molar-refractivity contribution < 1.29 is 0 Å². The monoisotopic (exact) mass is 387 g/mol. The zero-order valence-corrected chi connectivity index (χ0v) is 14.0. The van der Waals surface area contributed by atoms with Crippen molar-refractivity contribution in [2.24, 2.45) is 0 Å². The molecule has 1 unspecified atom stereocenters. The summed E-state index contributed by atoms with van der Waals surface area (Å²) in [6, 6.07) is 7.02. The predicted octanol–water partition coefficient (Wildman–Crippen LogP) is 3.96. The van der Waals surface area contributed by atoms with Crippen LogP contribution in [0.4, 0.5) is 0 Å². The van der Waals surface area contributed by atoms with E-state index in [1.54, 1.807) is 0 Å². The molecule has 102 valence electrons. The molecule has 5 heteroatoms. The minimum Gasteiger partial charge on any atom is -0.331 e. The third-order valence-corrected chi connectivity index (χ3v) is 4.94. The first-order valence-electron chi connectivity index (χ1n) is 6.81. The van der Waals surface area contributed by atoms with Crippen LogP contribution in [-0.4, -0.2) is 34.1 Å². The number of imidazole rings is 1. The number of H-pyrrole nitrogens is 1. The number of rotatable bonds is 2. The van der Waals surface area contributed by atoms with Gasteiger partial charge in [-0.3, -0.25) is 0 Å². The first-order valence-corrected chi connectivity index (χ1v) is 8.30. The van der Waals surface area contributed by atoms with Crippen LogP contribution in [0.15, 0.2) is 18.2 Å². The van der Waals surface area contributed by atoms with Gasteiger partial charge in [0.15, 0.2) is 4.77 Å². The molecule has 1 aromatic carbocycles. The Bertz CT molecular complexity index is 646. The molecule has 0 radical (unpaired) electrons. The highest BCUT2D eigenvalue weighted by molar-refractivity contribution is 14.1. The normalized spacial score (nSPS) is 21.1. The van der Waals surface area contributed by atoms with Crippen molar-refractivity contribution in [3.63, 3.8) is 0 Å². The molecule has 1 aliphatic heterocycles. The van der Waals surface area contributed by atoms with Crippen LogP contribution < -0.4 is 0 Å².